The van der Waals surface area contributed by atoms with Gasteiger partial charge in [-0.15, -0.1) is 11.3 Å². The Kier molecular flexibility index (Phi) is 5.90. The Morgan fingerprint density at radius 1 is 1.26 bits per heavy atom. The second kappa shape index (κ2) is 8.93. The zero-order valence-electron chi connectivity index (χ0n) is 17.0. The number of hydrogen-bond acceptors (Lipinski definition) is 6. The van der Waals surface area contributed by atoms with Crippen LogP contribution in [0.3, 0.4) is 0 Å². The van der Waals surface area contributed by atoms with Crippen molar-refractivity contribution in [2.75, 3.05) is 7.11 Å². The summed E-state index contributed by atoms with van der Waals surface area (Å²) in [5.41, 5.74) is 5.88. The Balaban J connectivity index is 1.53. The number of amides is 1. The van der Waals surface area contributed by atoms with Crippen molar-refractivity contribution in [2.24, 2.45) is 5.10 Å². The number of nitrogens with one attached hydrogen (secondary N) is 1. The fraction of sp³-hybridized carbons (Fsp3) is 0.130. The fourth-order valence-electron chi connectivity index (χ4n) is 3.12. The first-order chi connectivity index (χ1) is 15.0. The Hall–Kier alpha value is -3.78. The van der Waals surface area contributed by atoms with Gasteiger partial charge in [-0.25, -0.2) is 10.4 Å². The number of rotatable bonds is 6. The van der Waals surface area contributed by atoms with Crippen LogP contribution in [0.15, 0.2) is 70.1 Å². The molecule has 7 nitrogen and oxygen atoms in total. The number of methoxy groups -OCH3 is 1. The van der Waals surface area contributed by atoms with Crippen molar-refractivity contribution in [2.45, 2.75) is 13.5 Å². The van der Waals surface area contributed by atoms with E-state index in [-0.39, 0.29) is 12.1 Å². The number of carbonyl (C=O) groups is 1. The molecule has 0 atom stereocenters. The molecule has 2 aromatic carbocycles. The largest absolute Gasteiger partial charge is 0.497 e. The number of hydrazone groups is 1. The summed E-state index contributed by atoms with van der Waals surface area (Å²) < 4.78 is 6.45. The molecule has 0 fully saturated rings. The first-order valence-electron chi connectivity index (χ1n) is 9.55. The SMILES string of the molecule is COc1cccc(/C=N/NC(=O)Cn2cnc3scc(-c4ccc(C)cc4)c3c2=O)c1. The van der Waals surface area contributed by atoms with Crippen LogP contribution in [0.25, 0.3) is 21.3 Å². The number of fused-ring (bicyclic) bond motifs is 1. The minimum atomic E-state index is -0.422. The van der Waals surface area contributed by atoms with Crippen LogP contribution in [0.2, 0.25) is 0 Å². The number of carbonyl (C=O) groups excluding carboxylic acids is 1. The third-order valence-electron chi connectivity index (χ3n) is 4.73. The van der Waals surface area contributed by atoms with Gasteiger partial charge in [-0.05, 0) is 30.2 Å². The smallest absolute Gasteiger partial charge is 0.263 e. The topological polar surface area (TPSA) is 85.6 Å². The average Bonchev–Trinajstić information content (AvgIpc) is 3.21. The molecule has 1 N–H and O–H groups in total. The number of aromatic nitrogens is 2. The summed E-state index contributed by atoms with van der Waals surface area (Å²) in [5, 5.41) is 6.40. The maximum Gasteiger partial charge on any atom is 0.263 e. The molecule has 0 aliphatic heterocycles. The van der Waals surface area contributed by atoms with Gasteiger partial charge in [-0.1, -0.05) is 42.0 Å². The van der Waals surface area contributed by atoms with E-state index in [4.69, 9.17) is 4.74 Å². The highest BCUT2D eigenvalue weighted by Crippen LogP contribution is 2.30. The predicted octanol–water partition coefficient (Wildman–Crippen LogP) is 3.59. The van der Waals surface area contributed by atoms with Gasteiger partial charge in [0, 0.05) is 10.9 Å². The molecule has 0 radical (unpaired) electrons. The van der Waals surface area contributed by atoms with Gasteiger partial charge in [0.25, 0.3) is 11.5 Å². The number of benzene rings is 2. The molecule has 0 aliphatic rings. The van der Waals surface area contributed by atoms with E-state index in [2.05, 4.69) is 15.5 Å². The summed E-state index contributed by atoms with van der Waals surface area (Å²) in [4.78, 5) is 30.4. The summed E-state index contributed by atoms with van der Waals surface area (Å²) in [6.45, 7) is 1.83. The molecular formula is C23H20N4O3S. The lowest BCUT2D eigenvalue weighted by Gasteiger charge is -2.06. The van der Waals surface area contributed by atoms with E-state index in [0.29, 0.717) is 16.0 Å². The molecule has 0 spiro atoms. The van der Waals surface area contributed by atoms with Crippen LogP contribution in [0.5, 0.6) is 5.75 Å². The van der Waals surface area contributed by atoms with Gasteiger partial charge in [-0.2, -0.15) is 5.10 Å². The molecule has 4 aromatic rings. The van der Waals surface area contributed by atoms with Crippen molar-refractivity contribution in [1.29, 1.82) is 0 Å². The van der Waals surface area contributed by atoms with E-state index in [0.717, 1.165) is 22.3 Å². The van der Waals surface area contributed by atoms with Crippen molar-refractivity contribution < 1.29 is 9.53 Å². The minimum absolute atomic E-state index is 0.180. The number of ether oxygens (including phenoxy) is 1. The van der Waals surface area contributed by atoms with Gasteiger partial charge in [0.1, 0.15) is 17.1 Å². The fourth-order valence-corrected chi connectivity index (χ4v) is 4.02. The molecule has 31 heavy (non-hydrogen) atoms. The Bertz CT molecular complexity index is 1320. The van der Waals surface area contributed by atoms with Crippen molar-refractivity contribution >= 4 is 33.7 Å². The van der Waals surface area contributed by atoms with Gasteiger partial charge in [0.05, 0.1) is 25.0 Å². The maximum atomic E-state index is 13.0. The quantitative estimate of drug-likeness (QED) is 0.373. The van der Waals surface area contributed by atoms with Crippen LogP contribution < -0.4 is 15.7 Å². The predicted molar refractivity (Wildman–Crippen MR) is 123 cm³/mol. The third kappa shape index (κ3) is 4.54. The molecule has 0 unspecified atom stereocenters. The highest BCUT2D eigenvalue weighted by atomic mass is 32.1. The average molecular weight is 433 g/mol. The summed E-state index contributed by atoms with van der Waals surface area (Å²) in [7, 11) is 1.58. The molecule has 1 amide bonds. The molecule has 0 bridgehead atoms. The first kappa shape index (κ1) is 20.5. The Morgan fingerprint density at radius 3 is 2.84 bits per heavy atom. The summed E-state index contributed by atoms with van der Waals surface area (Å²) >= 11 is 1.41. The molecular weight excluding hydrogens is 412 g/mol. The zero-order chi connectivity index (χ0) is 21.8. The number of nitrogens with zero attached hydrogens (tertiary/aromatic N) is 3. The molecule has 0 saturated carbocycles. The van der Waals surface area contributed by atoms with Gasteiger partial charge >= 0.3 is 0 Å². The van der Waals surface area contributed by atoms with Gasteiger partial charge < -0.3 is 4.74 Å². The van der Waals surface area contributed by atoms with Crippen LogP contribution in [0.4, 0.5) is 0 Å². The van der Waals surface area contributed by atoms with Gasteiger partial charge in [-0.3, -0.25) is 14.2 Å². The second-order valence-electron chi connectivity index (χ2n) is 6.94. The molecule has 8 heteroatoms. The lowest BCUT2D eigenvalue weighted by atomic mass is 10.1. The van der Waals surface area contributed by atoms with E-state index in [1.165, 1.54) is 28.4 Å². The summed E-state index contributed by atoms with van der Waals surface area (Å²) in [6, 6.07) is 15.2. The van der Waals surface area contributed by atoms with E-state index in [1.54, 1.807) is 13.2 Å². The van der Waals surface area contributed by atoms with E-state index >= 15 is 0 Å². The molecule has 4 rings (SSSR count). The molecule has 0 aliphatic carbocycles. The van der Waals surface area contributed by atoms with Gasteiger partial charge in [0.2, 0.25) is 0 Å². The van der Waals surface area contributed by atoms with Crippen molar-refractivity contribution in [3.05, 3.63) is 81.7 Å². The van der Waals surface area contributed by atoms with Crippen molar-refractivity contribution in [3.8, 4) is 16.9 Å². The summed E-state index contributed by atoms with van der Waals surface area (Å²) in [5.74, 6) is 0.274. The molecule has 2 heterocycles. The number of hydrogen-bond donors (Lipinski definition) is 1. The minimum Gasteiger partial charge on any atom is -0.497 e. The Labute approximate surface area is 182 Å². The number of thiophene rings is 1. The first-order valence-corrected chi connectivity index (χ1v) is 10.4. The third-order valence-corrected chi connectivity index (χ3v) is 5.62. The lowest BCUT2D eigenvalue weighted by Crippen LogP contribution is -2.30. The van der Waals surface area contributed by atoms with Crippen LogP contribution in [-0.4, -0.2) is 28.8 Å². The van der Waals surface area contributed by atoms with E-state index < -0.39 is 5.91 Å². The maximum absolute atomic E-state index is 13.0. The van der Waals surface area contributed by atoms with Crippen LogP contribution in [0.1, 0.15) is 11.1 Å². The molecule has 0 saturated heterocycles. The van der Waals surface area contributed by atoms with Crippen LogP contribution >= 0.6 is 11.3 Å². The van der Waals surface area contributed by atoms with Crippen LogP contribution in [-0.2, 0) is 11.3 Å². The van der Waals surface area contributed by atoms with Crippen LogP contribution in [0, 0.1) is 6.92 Å². The normalized spacial score (nSPS) is 11.2. The lowest BCUT2D eigenvalue weighted by molar-refractivity contribution is -0.121. The Morgan fingerprint density at radius 2 is 2.06 bits per heavy atom. The molecule has 2 aromatic heterocycles. The van der Waals surface area contributed by atoms with Gasteiger partial charge in [0.15, 0.2) is 0 Å². The van der Waals surface area contributed by atoms with Crippen molar-refractivity contribution in [3.63, 3.8) is 0 Å². The second-order valence-corrected chi connectivity index (χ2v) is 7.80. The highest BCUT2D eigenvalue weighted by Gasteiger charge is 2.14. The monoisotopic (exact) mass is 432 g/mol. The summed E-state index contributed by atoms with van der Waals surface area (Å²) in [6.07, 6.45) is 2.91. The van der Waals surface area contributed by atoms with Crippen molar-refractivity contribution in [1.82, 2.24) is 15.0 Å². The highest BCUT2D eigenvalue weighted by molar-refractivity contribution is 7.17. The molecule has 156 valence electrons. The zero-order valence-corrected chi connectivity index (χ0v) is 17.8. The standard InChI is InChI=1S/C23H20N4O3S/c1-15-6-8-17(9-7-15)19-13-31-22-21(19)23(29)27(14-24-22)12-20(28)26-25-11-16-4-3-5-18(10-16)30-2/h3-11,13-14H,12H2,1-2H3,(H,26,28)/b25-11+. The number of aryl methyl sites for hydroxylation is 1. The van der Waals surface area contributed by atoms with E-state index in [9.17, 15) is 9.59 Å². The van der Waals surface area contributed by atoms with E-state index in [1.807, 2.05) is 54.8 Å².